The molecule has 0 aliphatic rings. The number of amides is 4. The number of aliphatic hydroxyl groups is 1. The van der Waals surface area contributed by atoms with E-state index in [0.717, 1.165) is 0 Å². The normalized spacial score (nSPS) is 14.8. The summed E-state index contributed by atoms with van der Waals surface area (Å²) >= 11 is 0. The Bertz CT molecular complexity index is 971. The SMILES string of the molecule is CC(O)C(N)C(=O)NC(CCC(=O)O)C(=O)NC(Cc1ccccc1)C(=O)NC(CCC(N)=O)C(=O)O. The van der Waals surface area contributed by atoms with Gasteiger partial charge in [0.25, 0.3) is 0 Å². The van der Waals surface area contributed by atoms with E-state index >= 15 is 0 Å². The Balaban J connectivity index is 3.15. The first-order valence-electron chi connectivity index (χ1n) is 11.4. The first-order valence-corrected chi connectivity index (χ1v) is 11.4. The standard InChI is InChI=1S/C23H33N5O9/c1-12(29)19(25)22(35)26-14(8-10-18(31)32)20(33)28-16(11-13-5-3-2-4-6-13)21(34)27-15(23(36)37)7-9-17(24)30/h2-6,12,14-16,19,29H,7-11,25H2,1H3,(H2,24,30)(H,26,35)(H,27,34)(H,28,33)(H,31,32)(H,36,37). The van der Waals surface area contributed by atoms with Crippen LogP contribution in [0.1, 0.15) is 38.2 Å². The zero-order valence-corrected chi connectivity index (χ0v) is 20.3. The minimum atomic E-state index is -1.47. The van der Waals surface area contributed by atoms with Crippen molar-refractivity contribution in [2.24, 2.45) is 11.5 Å². The van der Waals surface area contributed by atoms with Crippen LogP contribution in [0.15, 0.2) is 30.3 Å². The van der Waals surface area contributed by atoms with Crippen molar-refractivity contribution in [3.8, 4) is 0 Å². The maximum Gasteiger partial charge on any atom is 0.326 e. The third-order valence-corrected chi connectivity index (χ3v) is 5.31. The van der Waals surface area contributed by atoms with Crippen LogP contribution in [0, 0.1) is 0 Å². The molecule has 0 saturated carbocycles. The summed E-state index contributed by atoms with van der Waals surface area (Å²) in [5.74, 6) is -6.16. The molecule has 5 unspecified atom stereocenters. The van der Waals surface area contributed by atoms with Crippen LogP contribution in [0.3, 0.4) is 0 Å². The van der Waals surface area contributed by atoms with E-state index in [2.05, 4.69) is 16.0 Å². The molecule has 1 aromatic rings. The molecule has 0 fully saturated rings. The van der Waals surface area contributed by atoms with E-state index in [9.17, 15) is 39.0 Å². The molecule has 0 aromatic heterocycles. The molecule has 5 atom stereocenters. The van der Waals surface area contributed by atoms with Crippen molar-refractivity contribution < 1.29 is 44.1 Å². The van der Waals surface area contributed by atoms with Gasteiger partial charge in [-0.1, -0.05) is 30.3 Å². The predicted molar refractivity (Wildman–Crippen MR) is 129 cm³/mol. The zero-order valence-electron chi connectivity index (χ0n) is 20.3. The highest BCUT2D eigenvalue weighted by Gasteiger charge is 2.31. The molecule has 14 heteroatoms. The summed E-state index contributed by atoms with van der Waals surface area (Å²) in [6.45, 7) is 1.26. The quantitative estimate of drug-likeness (QED) is 0.114. The monoisotopic (exact) mass is 523 g/mol. The maximum atomic E-state index is 13.0. The van der Waals surface area contributed by atoms with E-state index in [1.807, 2.05) is 0 Å². The Hall–Kier alpha value is -4.04. The fourth-order valence-corrected chi connectivity index (χ4v) is 3.17. The van der Waals surface area contributed by atoms with E-state index in [1.54, 1.807) is 30.3 Å². The largest absolute Gasteiger partial charge is 0.481 e. The molecular formula is C23H33N5O9. The zero-order chi connectivity index (χ0) is 28.1. The molecule has 204 valence electrons. The number of hydrogen-bond donors (Lipinski definition) is 8. The second-order valence-corrected chi connectivity index (χ2v) is 8.42. The maximum absolute atomic E-state index is 13.0. The Kier molecular flexibility index (Phi) is 12.7. The third-order valence-electron chi connectivity index (χ3n) is 5.31. The summed E-state index contributed by atoms with van der Waals surface area (Å²) in [4.78, 5) is 72.0. The van der Waals surface area contributed by atoms with Gasteiger partial charge in [0.05, 0.1) is 6.10 Å². The van der Waals surface area contributed by atoms with Gasteiger partial charge in [-0.3, -0.25) is 24.0 Å². The van der Waals surface area contributed by atoms with Gasteiger partial charge in [0.15, 0.2) is 0 Å². The van der Waals surface area contributed by atoms with Gasteiger partial charge < -0.3 is 42.7 Å². The van der Waals surface area contributed by atoms with E-state index in [0.29, 0.717) is 5.56 Å². The van der Waals surface area contributed by atoms with Crippen LogP contribution in [0.25, 0.3) is 0 Å². The lowest BCUT2D eigenvalue weighted by atomic mass is 10.0. The first-order chi connectivity index (χ1) is 17.3. The number of aliphatic hydroxyl groups excluding tert-OH is 1. The molecule has 0 spiro atoms. The number of primary amides is 1. The minimum absolute atomic E-state index is 0.0760. The van der Waals surface area contributed by atoms with Gasteiger partial charge in [0.2, 0.25) is 23.6 Å². The smallest absolute Gasteiger partial charge is 0.326 e. The Morgan fingerprint density at radius 1 is 0.811 bits per heavy atom. The van der Waals surface area contributed by atoms with Crippen LogP contribution in [-0.4, -0.2) is 81.2 Å². The van der Waals surface area contributed by atoms with Crippen LogP contribution in [-0.2, 0) is 35.2 Å². The summed E-state index contributed by atoms with van der Waals surface area (Å²) in [6.07, 6.45) is -2.78. The van der Waals surface area contributed by atoms with Crippen molar-refractivity contribution in [2.75, 3.05) is 0 Å². The predicted octanol–water partition coefficient (Wildman–Crippen LogP) is -2.39. The summed E-state index contributed by atoms with van der Waals surface area (Å²) in [5.41, 5.74) is 11.3. The number of carboxylic acid groups (broad SMARTS) is 2. The van der Waals surface area contributed by atoms with E-state index < -0.39 is 72.3 Å². The van der Waals surface area contributed by atoms with Gasteiger partial charge in [-0.2, -0.15) is 0 Å². The van der Waals surface area contributed by atoms with Crippen molar-refractivity contribution in [3.63, 3.8) is 0 Å². The first kappa shape index (κ1) is 31.0. The molecule has 10 N–H and O–H groups in total. The summed E-state index contributed by atoms with van der Waals surface area (Å²) < 4.78 is 0. The lowest BCUT2D eigenvalue weighted by Gasteiger charge is -2.25. The lowest BCUT2D eigenvalue weighted by Crippen LogP contribution is -2.58. The molecule has 4 amide bonds. The van der Waals surface area contributed by atoms with Crippen molar-refractivity contribution in [3.05, 3.63) is 35.9 Å². The number of rotatable bonds is 16. The Labute approximate surface area is 212 Å². The van der Waals surface area contributed by atoms with Gasteiger partial charge in [0, 0.05) is 19.3 Å². The number of carbonyl (C=O) groups is 6. The topological polar surface area (TPSA) is 251 Å². The fourth-order valence-electron chi connectivity index (χ4n) is 3.17. The molecule has 37 heavy (non-hydrogen) atoms. The highest BCUT2D eigenvalue weighted by atomic mass is 16.4. The van der Waals surface area contributed by atoms with E-state index in [-0.39, 0.29) is 25.7 Å². The van der Waals surface area contributed by atoms with Crippen LogP contribution < -0.4 is 27.4 Å². The lowest BCUT2D eigenvalue weighted by molar-refractivity contribution is -0.142. The van der Waals surface area contributed by atoms with Crippen molar-refractivity contribution in [1.82, 2.24) is 16.0 Å². The third kappa shape index (κ3) is 11.5. The Morgan fingerprint density at radius 3 is 1.84 bits per heavy atom. The number of hydrogen-bond acceptors (Lipinski definition) is 8. The van der Waals surface area contributed by atoms with Crippen molar-refractivity contribution >= 4 is 35.6 Å². The molecule has 0 saturated heterocycles. The number of nitrogens with one attached hydrogen (secondary N) is 3. The number of benzene rings is 1. The molecule has 0 aliphatic carbocycles. The highest BCUT2D eigenvalue weighted by Crippen LogP contribution is 2.07. The second-order valence-electron chi connectivity index (χ2n) is 8.42. The number of carbonyl (C=O) groups excluding carboxylic acids is 4. The molecule has 0 aliphatic heterocycles. The average molecular weight is 524 g/mol. The number of nitrogens with two attached hydrogens (primary N) is 2. The molecule has 0 radical (unpaired) electrons. The summed E-state index contributed by atoms with van der Waals surface area (Å²) in [7, 11) is 0. The van der Waals surface area contributed by atoms with Gasteiger partial charge >= 0.3 is 11.9 Å². The second kappa shape index (κ2) is 15.2. The molecule has 0 bridgehead atoms. The van der Waals surface area contributed by atoms with Crippen LogP contribution in [0.5, 0.6) is 0 Å². The average Bonchev–Trinajstić information content (AvgIpc) is 2.82. The number of carboxylic acids is 2. The molecule has 14 nitrogen and oxygen atoms in total. The summed E-state index contributed by atoms with van der Waals surface area (Å²) in [5, 5.41) is 34.9. The van der Waals surface area contributed by atoms with Crippen LogP contribution in [0.4, 0.5) is 0 Å². The summed E-state index contributed by atoms with van der Waals surface area (Å²) in [6, 6.07) is 2.80. The Morgan fingerprint density at radius 2 is 1.32 bits per heavy atom. The highest BCUT2D eigenvalue weighted by molar-refractivity contribution is 5.94. The van der Waals surface area contributed by atoms with Crippen LogP contribution in [0.2, 0.25) is 0 Å². The molecular weight excluding hydrogens is 490 g/mol. The molecule has 0 heterocycles. The van der Waals surface area contributed by atoms with Crippen molar-refractivity contribution in [2.45, 2.75) is 69.3 Å². The van der Waals surface area contributed by atoms with Crippen molar-refractivity contribution in [1.29, 1.82) is 0 Å². The minimum Gasteiger partial charge on any atom is -0.481 e. The fraction of sp³-hybridized carbons (Fsp3) is 0.478. The van der Waals surface area contributed by atoms with Gasteiger partial charge in [0.1, 0.15) is 24.2 Å². The van der Waals surface area contributed by atoms with E-state index in [1.165, 1.54) is 6.92 Å². The van der Waals surface area contributed by atoms with Gasteiger partial charge in [-0.25, -0.2) is 4.79 Å². The van der Waals surface area contributed by atoms with Gasteiger partial charge in [-0.05, 0) is 25.3 Å². The number of aliphatic carboxylic acids is 2. The van der Waals surface area contributed by atoms with E-state index in [4.69, 9.17) is 16.6 Å². The molecule has 1 aromatic carbocycles. The molecule has 1 rings (SSSR count). The van der Waals surface area contributed by atoms with Gasteiger partial charge in [-0.15, -0.1) is 0 Å². The van der Waals surface area contributed by atoms with Crippen LogP contribution >= 0.6 is 0 Å².